The van der Waals surface area contributed by atoms with Crippen molar-refractivity contribution in [3.8, 4) is 11.8 Å². The monoisotopic (exact) mass is 315 g/mol. The van der Waals surface area contributed by atoms with Gasteiger partial charge in [-0.05, 0) is 36.4 Å². The van der Waals surface area contributed by atoms with Gasteiger partial charge in [-0.3, -0.25) is 4.79 Å². The fourth-order valence-corrected chi connectivity index (χ4v) is 1.65. The molecule has 2 rings (SSSR count). The van der Waals surface area contributed by atoms with Gasteiger partial charge in [-0.25, -0.2) is 8.78 Å². The first-order chi connectivity index (χ1) is 11.0. The number of halogens is 2. The van der Waals surface area contributed by atoms with E-state index in [1.54, 1.807) is 6.07 Å². The van der Waals surface area contributed by atoms with Gasteiger partial charge in [0.2, 0.25) is 0 Å². The van der Waals surface area contributed by atoms with E-state index in [1.165, 1.54) is 24.3 Å². The summed E-state index contributed by atoms with van der Waals surface area (Å²) in [5.74, 6) is -2.09. The van der Waals surface area contributed by atoms with E-state index in [9.17, 15) is 13.6 Å². The van der Waals surface area contributed by atoms with Gasteiger partial charge < -0.3 is 15.7 Å². The largest absolute Gasteiger partial charge is 0.508 e. The Morgan fingerprint density at radius 1 is 1.17 bits per heavy atom. The zero-order chi connectivity index (χ0) is 16.8. The Bertz CT molecular complexity index is 796. The van der Waals surface area contributed by atoms with Gasteiger partial charge in [-0.1, -0.05) is 0 Å². The van der Waals surface area contributed by atoms with Crippen molar-refractivity contribution in [2.45, 2.75) is 0 Å². The molecule has 0 heterocycles. The smallest absolute Gasteiger partial charge is 0.267 e. The first-order valence-electron chi connectivity index (χ1n) is 6.42. The predicted molar refractivity (Wildman–Crippen MR) is 80.4 cm³/mol. The molecule has 0 saturated heterocycles. The van der Waals surface area contributed by atoms with Gasteiger partial charge in [0.05, 0.1) is 5.69 Å². The maximum Gasteiger partial charge on any atom is 0.267 e. The third-order valence-corrected chi connectivity index (χ3v) is 2.79. The lowest BCUT2D eigenvalue weighted by Gasteiger charge is -2.06. The van der Waals surface area contributed by atoms with Crippen molar-refractivity contribution in [1.82, 2.24) is 0 Å². The zero-order valence-corrected chi connectivity index (χ0v) is 11.7. The van der Waals surface area contributed by atoms with Crippen LogP contribution in [0.25, 0.3) is 0 Å². The van der Waals surface area contributed by atoms with Crippen molar-refractivity contribution in [1.29, 1.82) is 5.26 Å². The lowest BCUT2D eigenvalue weighted by molar-refractivity contribution is -0.112. The molecule has 0 atom stereocenters. The minimum Gasteiger partial charge on any atom is -0.508 e. The number of nitrogens with one attached hydrogen (secondary N) is 2. The van der Waals surface area contributed by atoms with Crippen LogP contribution in [0.4, 0.5) is 20.2 Å². The van der Waals surface area contributed by atoms with Gasteiger partial charge in [-0.15, -0.1) is 0 Å². The molecule has 5 nitrogen and oxygen atoms in total. The third-order valence-electron chi connectivity index (χ3n) is 2.79. The van der Waals surface area contributed by atoms with Crippen LogP contribution in [-0.4, -0.2) is 11.0 Å². The van der Waals surface area contributed by atoms with E-state index in [1.807, 2.05) is 0 Å². The summed E-state index contributed by atoms with van der Waals surface area (Å²) in [6, 6.07) is 10.1. The van der Waals surface area contributed by atoms with E-state index in [-0.39, 0.29) is 17.0 Å². The van der Waals surface area contributed by atoms with Crippen LogP contribution in [0.5, 0.6) is 5.75 Å². The molecule has 2 aromatic carbocycles. The number of amides is 1. The standard InChI is InChI=1S/C16H11F2N3O2/c17-11-1-6-14(18)15(7-11)20-9-10(8-19)16(23)21-12-2-4-13(22)5-3-12/h1-7,9,20,22H,(H,21,23)/b10-9-. The van der Waals surface area contributed by atoms with Crippen molar-refractivity contribution in [2.24, 2.45) is 0 Å². The quantitative estimate of drug-likeness (QED) is 0.460. The summed E-state index contributed by atoms with van der Waals surface area (Å²) in [5, 5.41) is 23.0. The van der Waals surface area contributed by atoms with Crippen LogP contribution in [0.2, 0.25) is 0 Å². The normalized spacial score (nSPS) is 10.7. The molecule has 0 spiro atoms. The number of carbonyl (C=O) groups is 1. The van der Waals surface area contributed by atoms with Crippen molar-refractivity contribution in [3.05, 3.63) is 65.9 Å². The molecule has 23 heavy (non-hydrogen) atoms. The van der Waals surface area contributed by atoms with E-state index in [4.69, 9.17) is 10.4 Å². The molecule has 0 aliphatic heterocycles. The molecule has 2 aromatic rings. The van der Waals surface area contributed by atoms with Crippen molar-refractivity contribution in [3.63, 3.8) is 0 Å². The van der Waals surface area contributed by atoms with Crippen molar-refractivity contribution < 1.29 is 18.7 Å². The van der Waals surface area contributed by atoms with Crippen LogP contribution in [0.15, 0.2) is 54.2 Å². The van der Waals surface area contributed by atoms with Crippen LogP contribution in [0, 0.1) is 23.0 Å². The molecule has 0 fully saturated rings. The maximum atomic E-state index is 13.4. The molecular formula is C16H11F2N3O2. The van der Waals surface area contributed by atoms with E-state index in [0.29, 0.717) is 5.69 Å². The van der Waals surface area contributed by atoms with Gasteiger partial charge in [-0.2, -0.15) is 5.26 Å². The Labute approximate surface area is 130 Å². The molecule has 0 radical (unpaired) electrons. The number of anilines is 2. The van der Waals surface area contributed by atoms with Crippen LogP contribution in [0.1, 0.15) is 0 Å². The number of nitriles is 1. The topological polar surface area (TPSA) is 85.2 Å². The van der Waals surface area contributed by atoms with Gasteiger partial charge in [0.15, 0.2) is 0 Å². The Hall–Kier alpha value is -3.40. The summed E-state index contributed by atoms with van der Waals surface area (Å²) in [6.45, 7) is 0. The van der Waals surface area contributed by atoms with E-state index in [0.717, 1.165) is 24.4 Å². The van der Waals surface area contributed by atoms with E-state index < -0.39 is 17.5 Å². The summed E-state index contributed by atoms with van der Waals surface area (Å²) in [5.41, 5.74) is -0.164. The van der Waals surface area contributed by atoms with Gasteiger partial charge in [0.25, 0.3) is 5.91 Å². The highest BCUT2D eigenvalue weighted by Gasteiger charge is 2.10. The number of rotatable bonds is 4. The number of aromatic hydroxyl groups is 1. The van der Waals surface area contributed by atoms with Gasteiger partial charge >= 0.3 is 0 Å². The Morgan fingerprint density at radius 3 is 2.52 bits per heavy atom. The lowest BCUT2D eigenvalue weighted by Crippen LogP contribution is -2.14. The van der Waals surface area contributed by atoms with Crippen molar-refractivity contribution in [2.75, 3.05) is 10.6 Å². The number of hydrogen-bond acceptors (Lipinski definition) is 4. The van der Waals surface area contributed by atoms with Crippen LogP contribution >= 0.6 is 0 Å². The van der Waals surface area contributed by atoms with Gasteiger partial charge in [0.1, 0.15) is 29.0 Å². The molecule has 0 aromatic heterocycles. The number of hydrogen-bond donors (Lipinski definition) is 3. The summed E-state index contributed by atoms with van der Waals surface area (Å²) >= 11 is 0. The van der Waals surface area contributed by atoms with Gasteiger partial charge in [0, 0.05) is 18.0 Å². The lowest BCUT2D eigenvalue weighted by atomic mass is 10.2. The molecule has 0 aliphatic carbocycles. The molecular weight excluding hydrogens is 304 g/mol. The first kappa shape index (κ1) is 16.0. The second-order valence-electron chi connectivity index (χ2n) is 4.44. The molecule has 0 bridgehead atoms. The molecule has 0 aliphatic rings. The van der Waals surface area contributed by atoms with Crippen LogP contribution < -0.4 is 10.6 Å². The molecule has 7 heteroatoms. The first-order valence-corrected chi connectivity index (χ1v) is 6.42. The Morgan fingerprint density at radius 2 is 1.87 bits per heavy atom. The Kier molecular flexibility index (Phi) is 4.89. The minimum atomic E-state index is -0.734. The number of benzene rings is 2. The molecule has 0 unspecified atom stereocenters. The number of carbonyl (C=O) groups excluding carboxylic acids is 1. The summed E-state index contributed by atoms with van der Waals surface area (Å²) in [7, 11) is 0. The SMILES string of the molecule is N#C/C(=C/Nc1cc(F)ccc1F)C(=O)Nc1ccc(O)cc1. The average molecular weight is 315 g/mol. The predicted octanol–water partition coefficient (Wildman–Crippen LogP) is 3.13. The molecule has 0 saturated carbocycles. The number of phenolic OH excluding ortho intramolecular Hbond substituents is 1. The molecule has 1 amide bonds. The Balaban J connectivity index is 2.12. The minimum absolute atomic E-state index is 0.0299. The average Bonchev–Trinajstić information content (AvgIpc) is 2.53. The highest BCUT2D eigenvalue weighted by atomic mass is 19.1. The molecule has 3 N–H and O–H groups in total. The number of nitrogens with zero attached hydrogens (tertiary/aromatic N) is 1. The molecule has 116 valence electrons. The summed E-state index contributed by atoms with van der Waals surface area (Å²) in [6.07, 6.45) is 0.980. The second kappa shape index (κ2) is 7.04. The second-order valence-corrected chi connectivity index (χ2v) is 4.44. The highest BCUT2D eigenvalue weighted by Crippen LogP contribution is 2.17. The van der Waals surface area contributed by atoms with E-state index >= 15 is 0 Å². The zero-order valence-electron chi connectivity index (χ0n) is 11.7. The maximum absolute atomic E-state index is 13.4. The van der Waals surface area contributed by atoms with E-state index in [2.05, 4.69) is 10.6 Å². The number of phenols is 1. The summed E-state index contributed by atoms with van der Waals surface area (Å²) < 4.78 is 26.5. The fraction of sp³-hybridized carbons (Fsp3) is 0. The van der Waals surface area contributed by atoms with Crippen molar-refractivity contribution >= 4 is 17.3 Å². The van der Waals surface area contributed by atoms with Crippen LogP contribution in [0.3, 0.4) is 0 Å². The third kappa shape index (κ3) is 4.28. The fourth-order valence-electron chi connectivity index (χ4n) is 1.65. The highest BCUT2D eigenvalue weighted by molar-refractivity contribution is 6.06. The summed E-state index contributed by atoms with van der Waals surface area (Å²) in [4.78, 5) is 11.9. The van der Waals surface area contributed by atoms with Crippen LogP contribution in [-0.2, 0) is 4.79 Å².